The van der Waals surface area contributed by atoms with Gasteiger partial charge in [-0.1, -0.05) is 13.0 Å². The van der Waals surface area contributed by atoms with Crippen LogP contribution in [0.4, 0.5) is 5.13 Å². The Morgan fingerprint density at radius 2 is 2.38 bits per heavy atom. The summed E-state index contributed by atoms with van der Waals surface area (Å²) in [5, 5.41) is 6.46. The molecule has 0 aliphatic carbocycles. The lowest BCUT2D eigenvalue weighted by molar-refractivity contribution is 0.870. The van der Waals surface area contributed by atoms with Gasteiger partial charge in [0.2, 0.25) is 0 Å². The third-order valence-electron chi connectivity index (χ3n) is 2.44. The van der Waals surface area contributed by atoms with Crippen LogP contribution in [0.15, 0.2) is 29.9 Å². The van der Waals surface area contributed by atoms with Gasteiger partial charge in [-0.05, 0) is 25.0 Å². The summed E-state index contributed by atoms with van der Waals surface area (Å²) >= 11 is 1.65. The molecule has 1 N–H and O–H groups in total. The Labute approximate surface area is 99.6 Å². The summed E-state index contributed by atoms with van der Waals surface area (Å²) in [4.78, 5) is 8.59. The minimum absolute atomic E-state index is 0.240. The van der Waals surface area contributed by atoms with Crippen molar-refractivity contribution in [3.8, 4) is 0 Å². The highest BCUT2D eigenvalue weighted by Gasteiger charge is 2.07. The molecule has 0 aliphatic rings. The van der Waals surface area contributed by atoms with Crippen LogP contribution in [-0.4, -0.2) is 9.97 Å². The Kier molecular flexibility index (Phi) is 3.51. The molecule has 0 fully saturated rings. The van der Waals surface area contributed by atoms with Crippen molar-refractivity contribution in [2.75, 3.05) is 5.32 Å². The average Bonchev–Trinajstić information content (AvgIpc) is 2.78. The molecule has 1 unspecified atom stereocenters. The van der Waals surface area contributed by atoms with Crippen molar-refractivity contribution in [1.29, 1.82) is 0 Å². The van der Waals surface area contributed by atoms with E-state index in [-0.39, 0.29) is 6.04 Å². The van der Waals surface area contributed by atoms with Crippen LogP contribution in [0, 0.1) is 0 Å². The van der Waals surface area contributed by atoms with Crippen LogP contribution >= 0.6 is 11.3 Å². The fourth-order valence-electron chi connectivity index (χ4n) is 1.44. The molecular weight excluding hydrogens is 218 g/mol. The summed E-state index contributed by atoms with van der Waals surface area (Å²) in [6.45, 7) is 4.23. The molecule has 2 rings (SSSR count). The van der Waals surface area contributed by atoms with E-state index in [0.29, 0.717) is 0 Å². The topological polar surface area (TPSA) is 37.8 Å². The molecule has 0 radical (unpaired) electrons. The molecule has 1 atom stereocenters. The van der Waals surface area contributed by atoms with Gasteiger partial charge < -0.3 is 5.32 Å². The van der Waals surface area contributed by atoms with E-state index in [2.05, 4.69) is 40.6 Å². The standard InChI is InChI=1S/C12H15N3S/c1-3-11-8-16-12(15-11)14-9(2)10-5-4-6-13-7-10/h4-9H,3H2,1-2H3,(H,14,15). The third-order valence-corrected chi connectivity index (χ3v) is 3.26. The van der Waals surface area contributed by atoms with Crippen LogP contribution < -0.4 is 5.32 Å². The fourth-order valence-corrected chi connectivity index (χ4v) is 2.32. The number of pyridine rings is 1. The summed E-state index contributed by atoms with van der Waals surface area (Å²) in [6, 6.07) is 4.26. The zero-order valence-electron chi connectivity index (χ0n) is 9.47. The summed E-state index contributed by atoms with van der Waals surface area (Å²) < 4.78 is 0. The number of aryl methyl sites for hydroxylation is 1. The van der Waals surface area contributed by atoms with Crippen LogP contribution in [0.3, 0.4) is 0 Å². The maximum Gasteiger partial charge on any atom is 0.183 e. The zero-order chi connectivity index (χ0) is 11.4. The Morgan fingerprint density at radius 3 is 3.00 bits per heavy atom. The molecule has 0 saturated carbocycles. The normalized spacial score (nSPS) is 12.4. The van der Waals surface area contributed by atoms with Gasteiger partial charge in [0, 0.05) is 17.8 Å². The first kappa shape index (κ1) is 11.1. The molecule has 0 aliphatic heterocycles. The smallest absolute Gasteiger partial charge is 0.183 e. The van der Waals surface area contributed by atoms with Crippen molar-refractivity contribution in [2.24, 2.45) is 0 Å². The number of thiazole rings is 1. The van der Waals surface area contributed by atoms with Gasteiger partial charge in [-0.25, -0.2) is 4.98 Å². The van der Waals surface area contributed by atoms with E-state index in [1.807, 2.05) is 12.3 Å². The lowest BCUT2D eigenvalue weighted by Crippen LogP contribution is -2.06. The molecule has 0 aromatic carbocycles. The highest BCUT2D eigenvalue weighted by Crippen LogP contribution is 2.21. The number of nitrogens with zero attached hydrogens (tertiary/aromatic N) is 2. The van der Waals surface area contributed by atoms with Crippen molar-refractivity contribution >= 4 is 16.5 Å². The van der Waals surface area contributed by atoms with Crippen LogP contribution in [0.1, 0.15) is 31.1 Å². The molecule has 2 heterocycles. The number of rotatable bonds is 4. The molecular formula is C12H15N3S. The first-order chi connectivity index (χ1) is 7.79. The molecule has 0 spiro atoms. The Balaban J connectivity index is 2.05. The van der Waals surface area contributed by atoms with Gasteiger partial charge in [-0.2, -0.15) is 0 Å². The second-order valence-electron chi connectivity index (χ2n) is 3.65. The second kappa shape index (κ2) is 5.07. The van der Waals surface area contributed by atoms with Crippen molar-refractivity contribution in [3.05, 3.63) is 41.2 Å². The third kappa shape index (κ3) is 2.58. The lowest BCUT2D eigenvalue weighted by Gasteiger charge is -2.12. The van der Waals surface area contributed by atoms with Gasteiger partial charge >= 0.3 is 0 Å². The van der Waals surface area contributed by atoms with E-state index in [9.17, 15) is 0 Å². The number of hydrogen-bond donors (Lipinski definition) is 1. The largest absolute Gasteiger partial charge is 0.355 e. The van der Waals surface area contributed by atoms with Crippen molar-refractivity contribution in [3.63, 3.8) is 0 Å². The van der Waals surface area contributed by atoms with Gasteiger partial charge in [0.15, 0.2) is 5.13 Å². The number of nitrogens with one attached hydrogen (secondary N) is 1. The van der Waals surface area contributed by atoms with E-state index in [1.165, 1.54) is 5.56 Å². The Bertz CT molecular complexity index is 439. The minimum atomic E-state index is 0.240. The van der Waals surface area contributed by atoms with Gasteiger partial charge in [-0.3, -0.25) is 4.98 Å². The van der Waals surface area contributed by atoms with E-state index in [1.54, 1.807) is 17.5 Å². The molecule has 4 heteroatoms. The summed E-state index contributed by atoms with van der Waals surface area (Å²) in [5.41, 5.74) is 2.32. The fraction of sp³-hybridized carbons (Fsp3) is 0.333. The van der Waals surface area contributed by atoms with Gasteiger partial charge in [0.05, 0.1) is 11.7 Å². The van der Waals surface area contributed by atoms with E-state index in [0.717, 1.165) is 17.2 Å². The van der Waals surface area contributed by atoms with Gasteiger partial charge in [-0.15, -0.1) is 11.3 Å². The highest BCUT2D eigenvalue weighted by molar-refractivity contribution is 7.13. The summed E-state index contributed by atoms with van der Waals surface area (Å²) in [5.74, 6) is 0. The molecule has 2 aromatic rings. The highest BCUT2D eigenvalue weighted by atomic mass is 32.1. The zero-order valence-corrected chi connectivity index (χ0v) is 10.3. The van der Waals surface area contributed by atoms with Crippen LogP contribution in [0.25, 0.3) is 0 Å². The molecule has 16 heavy (non-hydrogen) atoms. The van der Waals surface area contributed by atoms with Gasteiger partial charge in [0.25, 0.3) is 0 Å². The maximum absolute atomic E-state index is 4.48. The first-order valence-corrected chi connectivity index (χ1v) is 6.28. The number of hydrogen-bond acceptors (Lipinski definition) is 4. The predicted octanol–water partition coefficient (Wildman–Crippen LogP) is 3.27. The summed E-state index contributed by atoms with van der Waals surface area (Å²) in [6.07, 6.45) is 4.65. The molecule has 84 valence electrons. The minimum Gasteiger partial charge on any atom is -0.355 e. The quantitative estimate of drug-likeness (QED) is 0.880. The number of anilines is 1. The predicted molar refractivity (Wildman–Crippen MR) is 67.8 cm³/mol. The maximum atomic E-state index is 4.48. The lowest BCUT2D eigenvalue weighted by atomic mass is 10.1. The number of aromatic nitrogens is 2. The van der Waals surface area contributed by atoms with E-state index in [4.69, 9.17) is 0 Å². The van der Waals surface area contributed by atoms with Crippen LogP contribution in [0.5, 0.6) is 0 Å². The van der Waals surface area contributed by atoms with Crippen LogP contribution in [-0.2, 0) is 6.42 Å². The molecule has 0 amide bonds. The monoisotopic (exact) mass is 233 g/mol. The van der Waals surface area contributed by atoms with Crippen molar-refractivity contribution in [1.82, 2.24) is 9.97 Å². The van der Waals surface area contributed by atoms with Crippen molar-refractivity contribution < 1.29 is 0 Å². The Morgan fingerprint density at radius 1 is 1.50 bits per heavy atom. The van der Waals surface area contributed by atoms with Crippen LogP contribution in [0.2, 0.25) is 0 Å². The first-order valence-electron chi connectivity index (χ1n) is 5.40. The Hall–Kier alpha value is -1.42. The molecule has 2 aromatic heterocycles. The van der Waals surface area contributed by atoms with Gasteiger partial charge in [0.1, 0.15) is 0 Å². The van der Waals surface area contributed by atoms with E-state index < -0.39 is 0 Å². The average molecular weight is 233 g/mol. The van der Waals surface area contributed by atoms with E-state index >= 15 is 0 Å². The summed E-state index contributed by atoms with van der Waals surface area (Å²) in [7, 11) is 0. The van der Waals surface area contributed by atoms with Crippen molar-refractivity contribution in [2.45, 2.75) is 26.3 Å². The second-order valence-corrected chi connectivity index (χ2v) is 4.51. The molecule has 3 nitrogen and oxygen atoms in total. The molecule has 0 bridgehead atoms. The molecule has 0 saturated heterocycles. The SMILES string of the molecule is CCc1csc(NC(C)c2cccnc2)n1.